The first kappa shape index (κ1) is 13.3. The molecule has 3 N–H and O–H groups in total. The van der Waals surface area contributed by atoms with E-state index in [1.807, 2.05) is 19.2 Å². The zero-order chi connectivity index (χ0) is 13.0. The van der Waals surface area contributed by atoms with E-state index in [9.17, 15) is 0 Å². The smallest absolute Gasteiger partial charge is 0.133 e. The Labute approximate surface area is 109 Å². The molecule has 1 aliphatic carbocycles. The third-order valence-electron chi connectivity index (χ3n) is 3.65. The molecule has 4 heteroatoms. The van der Waals surface area contributed by atoms with E-state index in [0.717, 1.165) is 24.3 Å². The normalized spacial score (nSPS) is 17.3. The van der Waals surface area contributed by atoms with Crippen LogP contribution in [0.2, 0.25) is 0 Å². The number of aliphatic hydroxyl groups excluding tert-OH is 1. The maximum atomic E-state index is 9.04. The molecule has 0 saturated heterocycles. The molecule has 18 heavy (non-hydrogen) atoms. The van der Waals surface area contributed by atoms with Crippen molar-refractivity contribution in [3.05, 3.63) is 23.9 Å². The number of aromatic nitrogens is 1. The summed E-state index contributed by atoms with van der Waals surface area (Å²) in [7, 11) is 0. The summed E-state index contributed by atoms with van der Waals surface area (Å²) in [4.78, 5) is 6.85. The summed E-state index contributed by atoms with van der Waals surface area (Å²) in [5.74, 6) is 1.01. The summed E-state index contributed by atoms with van der Waals surface area (Å²) < 4.78 is 0. The maximum Gasteiger partial charge on any atom is 0.133 e. The molecule has 1 atom stereocenters. The van der Waals surface area contributed by atoms with Crippen LogP contribution in [0.15, 0.2) is 18.3 Å². The Morgan fingerprint density at radius 3 is 2.89 bits per heavy atom. The molecular formula is C14H23N3O. The summed E-state index contributed by atoms with van der Waals surface area (Å²) in [5.41, 5.74) is 7.12. The van der Waals surface area contributed by atoms with Crippen molar-refractivity contribution < 1.29 is 5.11 Å². The van der Waals surface area contributed by atoms with Crippen molar-refractivity contribution in [2.75, 3.05) is 18.1 Å². The number of hydrogen-bond acceptors (Lipinski definition) is 4. The highest BCUT2D eigenvalue weighted by molar-refractivity contribution is 5.49. The average Bonchev–Trinajstić information content (AvgIpc) is 2.32. The average molecular weight is 249 g/mol. The minimum atomic E-state index is -0.00889. The van der Waals surface area contributed by atoms with Gasteiger partial charge in [0.2, 0.25) is 0 Å². The minimum absolute atomic E-state index is 0.00889. The van der Waals surface area contributed by atoms with Gasteiger partial charge in [0, 0.05) is 37.0 Å². The lowest BCUT2D eigenvalue weighted by Gasteiger charge is -2.39. The van der Waals surface area contributed by atoms with Crippen molar-refractivity contribution in [3.8, 4) is 0 Å². The Morgan fingerprint density at radius 1 is 1.56 bits per heavy atom. The number of nitrogens with zero attached hydrogens (tertiary/aromatic N) is 2. The van der Waals surface area contributed by atoms with E-state index in [1.165, 1.54) is 19.3 Å². The Balaban J connectivity index is 2.23. The first-order chi connectivity index (χ1) is 8.74. The third-order valence-corrected chi connectivity index (χ3v) is 3.65. The summed E-state index contributed by atoms with van der Waals surface area (Å²) >= 11 is 0. The molecule has 2 rings (SSSR count). The molecule has 4 nitrogen and oxygen atoms in total. The molecule has 100 valence electrons. The molecule has 1 aromatic heterocycles. The van der Waals surface area contributed by atoms with Crippen LogP contribution < -0.4 is 10.6 Å². The van der Waals surface area contributed by atoms with Gasteiger partial charge in [-0.3, -0.25) is 0 Å². The van der Waals surface area contributed by atoms with Gasteiger partial charge in [-0.2, -0.15) is 0 Å². The molecule has 0 bridgehead atoms. The SMILES string of the molecule is C[C@@H](N)c1cccnc1N(CCCO)C1CCC1. The van der Waals surface area contributed by atoms with Gasteiger partial charge < -0.3 is 15.7 Å². The van der Waals surface area contributed by atoms with Crippen LogP contribution in [0.4, 0.5) is 5.82 Å². The van der Waals surface area contributed by atoms with Crippen LogP contribution in [0.3, 0.4) is 0 Å². The van der Waals surface area contributed by atoms with Crippen molar-refractivity contribution in [2.24, 2.45) is 5.73 Å². The van der Waals surface area contributed by atoms with Gasteiger partial charge in [-0.25, -0.2) is 4.98 Å². The molecule has 0 unspecified atom stereocenters. The van der Waals surface area contributed by atoms with Crippen LogP contribution in [0.1, 0.15) is 44.2 Å². The Bertz CT molecular complexity index is 377. The second-order valence-electron chi connectivity index (χ2n) is 5.06. The van der Waals surface area contributed by atoms with Gasteiger partial charge in [0.1, 0.15) is 5.82 Å². The first-order valence-corrected chi connectivity index (χ1v) is 6.82. The van der Waals surface area contributed by atoms with Crippen molar-refractivity contribution in [3.63, 3.8) is 0 Å². The fraction of sp³-hybridized carbons (Fsp3) is 0.643. The Kier molecular flexibility index (Phi) is 4.55. The van der Waals surface area contributed by atoms with E-state index in [-0.39, 0.29) is 12.6 Å². The van der Waals surface area contributed by atoms with Crippen molar-refractivity contribution >= 4 is 5.82 Å². The molecule has 1 aliphatic rings. The highest BCUT2D eigenvalue weighted by Gasteiger charge is 2.27. The highest BCUT2D eigenvalue weighted by atomic mass is 16.3. The quantitative estimate of drug-likeness (QED) is 0.807. The highest BCUT2D eigenvalue weighted by Crippen LogP contribution is 2.32. The minimum Gasteiger partial charge on any atom is -0.396 e. The molecule has 0 radical (unpaired) electrons. The van der Waals surface area contributed by atoms with Crippen molar-refractivity contribution in [1.82, 2.24) is 4.98 Å². The molecule has 1 aromatic rings. The standard InChI is InChI=1S/C14H23N3O/c1-11(15)13-7-3-8-16-14(13)17(9-4-10-18)12-5-2-6-12/h3,7-8,11-12,18H,2,4-6,9-10,15H2,1H3/t11-/m1/s1. The lowest BCUT2D eigenvalue weighted by molar-refractivity contribution is 0.282. The van der Waals surface area contributed by atoms with Crippen LogP contribution in [0.5, 0.6) is 0 Å². The van der Waals surface area contributed by atoms with Crippen LogP contribution >= 0.6 is 0 Å². The topological polar surface area (TPSA) is 62.4 Å². The van der Waals surface area contributed by atoms with E-state index >= 15 is 0 Å². The zero-order valence-electron chi connectivity index (χ0n) is 11.0. The van der Waals surface area contributed by atoms with Gasteiger partial charge in [0.25, 0.3) is 0 Å². The fourth-order valence-electron chi connectivity index (χ4n) is 2.41. The molecule has 1 heterocycles. The van der Waals surface area contributed by atoms with E-state index in [1.54, 1.807) is 0 Å². The molecule has 0 amide bonds. The summed E-state index contributed by atoms with van der Waals surface area (Å²) in [5, 5.41) is 9.04. The van der Waals surface area contributed by atoms with Crippen molar-refractivity contribution in [1.29, 1.82) is 0 Å². The monoisotopic (exact) mass is 249 g/mol. The fourth-order valence-corrected chi connectivity index (χ4v) is 2.41. The Morgan fingerprint density at radius 2 is 2.33 bits per heavy atom. The molecule has 0 aliphatic heterocycles. The number of anilines is 1. The van der Waals surface area contributed by atoms with E-state index in [2.05, 4.69) is 16.0 Å². The second-order valence-corrected chi connectivity index (χ2v) is 5.06. The number of pyridine rings is 1. The largest absolute Gasteiger partial charge is 0.396 e. The predicted molar refractivity (Wildman–Crippen MR) is 73.5 cm³/mol. The Hall–Kier alpha value is -1.13. The lowest BCUT2D eigenvalue weighted by atomic mass is 9.90. The maximum absolute atomic E-state index is 9.04. The van der Waals surface area contributed by atoms with Gasteiger partial charge >= 0.3 is 0 Å². The first-order valence-electron chi connectivity index (χ1n) is 6.82. The second kappa shape index (κ2) is 6.16. The lowest BCUT2D eigenvalue weighted by Crippen LogP contribution is -2.42. The number of rotatable bonds is 6. The molecule has 1 fully saturated rings. The van der Waals surface area contributed by atoms with E-state index in [0.29, 0.717) is 6.04 Å². The molecular weight excluding hydrogens is 226 g/mol. The number of hydrogen-bond donors (Lipinski definition) is 2. The molecule has 1 saturated carbocycles. The van der Waals surface area contributed by atoms with Crippen LogP contribution in [0.25, 0.3) is 0 Å². The van der Waals surface area contributed by atoms with Gasteiger partial charge in [-0.1, -0.05) is 6.07 Å². The van der Waals surface area contributed by atoms with Crippen LogP contribution in [0, 0.1) is 0 Å². The van der Waals surface area contributed by atoms with E-state index in [4.69, 9.17) is 10.8 Å². The van der Waals surface area contributed by atoms with E-state index < -0.39 is 0 Å². The van der Waals surface area contributed by atoms with Gasteiger partial charge in [0.05, 0.1) is 0 Å². The summed E-state index contributed by atoms with van der Waals surface area (Å²) in [6, 6.07) is 4.56. The summed E-state index contributed by atoms with van der Waals surface area (Å²) in [6.45, 7) is 3.08. The van der Waals surface area contributed by atoms with Crippen molar-refractivity contribution in [2.45, 2.75) is 44.7 Å². The third kappa shape index (κ3) is 2.82. The van der Waals surface area contributed by atoms with Gasteiger partial charge in [-0.05, 0) is 38.7 Å². The van der Waals surface area contributed by atoms with Crippen LogP contribution in [-0.2, 0) is 0 Å². The molecule has 0 aromatic carbocycles. The van der Waals surface area contributed by atoms with Crippen LogP contribution in [-0.4, -0.2) is 29.3 Å². The van der Waals surface area contributed by atoms with Gasteiger partial charge in [-0.15, -0.1) is 0 Å². The predicted octanol–water partition coefficient (Wildman–Crippen LogP) is 1.84. The number of nitrogens with two attached hydrogens (primary N) is 1. The number of aliphatic hydroxyl groups is 1. The van der Waals surface area contributed by atoms with Gasteiger partial charge in [0.15, 0.2) is 0 Å². The molecule has 0 spiro atoms. The zero-order valence-corrected chi connectivity index (χ0v) is 11.0. The summed E-state index contributed by atoms with van der Waals surface area (Å²) in [6.07, 6.45) is 6.35.